The molecule has 0 saturated carbocycles. The van der Waals surface area contributed by atoms with E-state index in [-0.39, 0.29) is 17.3 Å². The standard InChI is InChI=1S/C24H24N4O6/c1-15(2)25-24(31)26-17-8-4-3-7-16(17)23(30)34-14-22(29)28-19(21-10-6-12-33-21)13-18(27-28)20-9-5-11-32-20/h3-12,15,19H,13-14H2,1-2H3,(H2,25,26,31). The maximum atomic E-state index is 13.0. The first-order valence-corrected chi connectivity index (χ1v) is 10.7. The van der Waals surface area contributed by atoms with E-state index >= 15 is 0 Å². The smallest absolute Gasteiger partial charge is 0.340 e. The summed E-state index contributed by atoms with van der Waals surface area (Å²) in [5.74, 6) is -0.184. The molecular formula is C24H24N4O6. The molecule has 34 heavy (non-hydrogen) atoms. The lowest BCUT2D eigenvalue weighted by atomic mass is 10.1. The Labute approximate surface area is 195 Å². The molecule has 4 rings (SSSR count). The van der Waals surface area contributed by atoms with Crippen molar-refractivity contribution in [2.75, 3.05) is 11.9 Å². The fourth-order valence-corrected chi connectivity index (χ4v) is 3.50. The molecule has 1 unspecified atom stereocenters. The summed E-state index contributed by atoms with van der Waals surface area (Å²) < 4.78 is 16.2. The van der Waals surface area contributed by atoms with Gasteiger partial charge in [-0.25, -0.2) is 14.6 Å². The Morgan fingerprint density at radius 3 is 2.56 bits per heavy atom. The van der Waals surface area contributed by atoms with E-state index in [4.69, 9.17) is 13.6 Å². The van der Waals surface area contributed by atoms with Crippen LogP contribution in [0.4, 0.5) is 10.5 Å². The quantitative estimate of drug-likeness (QED) is 0.510. The molecule has 176 valence electrons. The summed E-state index contributed by atoms with van der Waals surface area (Å²) in [6.07, 6.45) is 3.43. The minimum absolute atomic E-state index is 0.0778. The lowest BCUT2D eigenvalue weighted by molar-refractivity contribution is -0.136. The predicted octanol–water partition coefficient (Wildman–Crippen LogP) is 3.94. The predicted molar refractivity (Wildman–Crippen MR) is 122 cm³/mol. The number of esters is 1. The molecule has 2 aromatic heterocycles. The highest BCUT2D eigenvalue weighted by Gasteiger charge is 2.36. The van der Waals surface area contributed by atoms with E-state index in [1.54, 1.807) is 42.5 Å². The van der Waals surface area contributed by atoms with E-state index in [1.165, 1.54) is 23.6 Å². The Balaban J connectivity index is 1.45. The molecule has 3 aromatic rings. The summed E-state index contributed by atoms with van der Waals surface area (Å²) in [4.78, 5) is 37.7. The van der Waals surface area contributed by atoms with Crippen LogP contribution in [0.3, 0.4) is 0 Å². The van der Waals surface area contributed by atoms with Gasteiger partial charge in [0.2, 0.25) is 0 Å². The average Bonchev–Trinajstić information content (AvgIpc) is 3.58. The Morgan fingerprint density at radius 2 is 1.85 bits per heavy atom. The first kappa shape index (κ1) is 22.8. The number of nitrogens with one attached hydrogen (secondary N) is 2. The fourth-order valence-electron chi connectivity index (χ4n) is 3.50. The van der Waals surface area contributed by atoms with Crippen LogP contribution in [0.1, 0.15) is 48.2 Å². The van der Waals surface area contributed by atoms with Crippen molar-refractivity contribution in [3.05, 3.63) is 78.1 Å². The number of benzene rings is 1. The van der Waals surface area contributed by atoms with Crippen LogP contribution in [-0.2, 0) is 9.53 Å². The monoisotopic (exact) mass is 464 g/mol. The summed E-state index contributed by atoms with van der Waals surface area (Å²) in [5, 5.41) is 10.9. The molecule has 1 aliphatic heterocycles. The van der Waals surface area contributed by atoms with Gasteiger partial charge in [-0.1, -0.05) is 12.1 Å². The highest BCUT2D eigenvalue weighted by molar-refractivity contribution is 6.02. The number of hydrogen-bond donors (Lipinski definition) is 2. The molecule has 0 bridgehead atoms. The molecule has 10 heteroatoms. The van der Waals surface area contributed by atoms with Gasteiger partial charge in [-0.15, -0.1) is 0 Å². The topological polar surface area (TPSA) is 126 Å². The number of rotatable bonds is 7. The van der Waals surface area contributed by atoms with Crippen molar-refractivity contribution in [3.8, 4) is 0 Å². The molecule has 0 saturated heterocycles. The SMILES string of the molecule is CC(C)NC(=O)Nc1ccccc1C(=O)OCC(=O)N1N=C(c2ccco2)CC1c1ccco1. The number of hydrazone groups is 1. The third-order valence-corrected chi connectivity index (χ3v) is 4.98. The van der Waals surface area contributed by atoms with Crippen molar-refractivity contribution in [2.24, 2.45) is 5.10 Å². The molecule has 0 spiro atoms. The van der Waals surface area contributed by atoms with Crippen LogP contribution in [0, 0.1) is 0 Å². The number of hydrogen-bond acceptors (Lipinski definition) is 7. The minimum atomic E-state index is -0.752. The van der Waals surface area contributed by atoms with Gasteiger partial charge in [0.15, 0.2) is 6.61 Å². The second-order valence-electron chi connectivity index (χ2n) is 7.87. The molecule has 0 radical (unpaired) electrons. The van der Waals surface area contributed by atoms with Crippen molar-refractivity contribution in [1.82, 2.24) is 10.3 Å². The molecule has 1 aliphatic rings. The zero-order valence-electron chi connectivity index (χ0n) is 18.7. The maximum absolute atomic E-state index is 13.0. The van der Waals surface area contributed by atoms with Gasteiger partial charge in [-0.3, -0.25) is 4.79 Å². The zero-order chi connectivity index (χ0) is 24.1. The number of carbonyl (C=O) groups excluding carboxylic acids is 3. The van der Waals surface area contributed by atoms with E-state index in [0.29, 0.717) is 23.7 Å². The molecule has 1 atom stereocenters. The first-order valence-electron chi connectivity index (χ1n) is 10.7. The molecular weight excluding hydrogens is 440 g/mol. The van der Waals surface area contributed by atoms with Crippen molar-refractivity contribution in [3.63, 3.8) is 0 Å². The van der Waals surface area contributed by atoms with Gasteiger partial charge in [0.25, 0.3) is 5.91 Å². The van der Waals surface area contributed by atoms with Crippen LogP contribution in [0.5, 0.6) is 0 Å². The molecule has 2 N–H and O–H groups in total. The van der Waals surface area contributed by atoms with Crippen molar-refractivity contribution < 1.29 is 28.0 Å². The zero-order valence-corrected chi connectivity index (χ0v) is 18.7. The van der Waals surface area contributed by atoms with Gasteiger partial charge >= 0.3 is 12.0 Å². The Hall–Kier alpha value is -4.34. The molecule has 10 nitrogen and oxygen atoms in total. The van der Waals surface area contributed by atoms with Crippen molar-refractivity contribution in [2.45, 2.75) is 32.4 Å². The number of ether oxygens (including phenoxy) is 1. The highest BCUT2D eigenvalue weighted by Crippen LogP contribution is 2.33. The summed E-state index contributed by atoms with van der Waals surface area (Å²) in [6.45, 7) is 3.09. The summed E-state index contributed by atoms with van der Waals surface area (Å²) >= 11 is 0. The van der Waals surface area contributed by atoms with Crippen molar-refractivity contribution in [1.29, 1.82) is 0 Å². The second kappa shape index (κ2) is 10.1. The van der Waals surface area contributed by atoms with Crippen LogP contribution in [0.2, 0.25) is 0 Å². The van der Waals surface area contributed by atoms with Gasteiger partial charge in [0.1, 0.15) is 23.3 Å². The Bertz CT molecular complexity index is 1180. The van der Waals surface area contributed by atoms with Crippen LogP contribution in [0.25, 0.3) is 0 Å². The second-order valence-corrected chi connectivity index (χ2v) is 7.87. The number of carbonyl (C=O) groups is 3. The number of furan rings is 2. The lowest BCUT2D eigenvalue weighted by Crippen LogP contribution is -2.34. The van der Waals surface area contributed by atoms with Gasteiger partial charge in [0, 0.05) is 12.5 Å². The molecule has 1 aromatic carbocycles. The number of para-hydroxylation sites is 1. The largest absolute Gasteiger partial charge is 0.467 e. The van der Waals surface area contributed by atoms with E-state index in [9.17, 15) is 14.4 Å². The van der Waals surface area contributed by atoms with Gasteiger partial charge in [-0.2, -0.15) is 5.10 Å². The summed E-state index contributed by atoms with van der Waals surface area (Å²) in [7, 11) is 0. The van der Waals surface area contributed by atoms with Gasteiger partial charge in [0.05, 0.1) is 23.8 Å². The summed E-state index contributed by atoms with van der Waals surface area (Å²) in [6, 6.07) is 12.3. The van der Waals surface area contributed by atoms with E-state index < -0.39 is 30.6 Å². The Kier molecular flexibility index (Phi) is 6.77. The van der Waals surface area contributed by atoms with Crippen molar-refractivity contribution >= 4 is 29.3 Å². The van der Waals surface area contributed by atoms with Crippen LogP contribution >= 0.6 is 0 Å². The van der Waals surface area contributed by atoms with E-state index in [2.05, 4.69) is 15.7 Å². The molecule has 0 aliphatic carbocycles. The van der Waals surface area contributed by atoms with Crippen LogP contribution in [0.15, 0.2) is 75.0 Å². The first-order chi connectivity index (χ1) is 16.4. The maximum Gasteiger partial charge on any atom is 0.340 e. The lowest BCUT2D eigenvalue weighted by Gasteiger charge is -2.20. The number of anilines is 1. The van der Waals surface area contributed by atoms with Crippen LogP contribution < -0.4 is 10.6 Å². The Morgan fingerprint density at radius 1 is 1.09 bits per heavy atom. The number of urea groups is 1. The normalized spacial score (nSPS) is 15.2. The minimum Gasteiger partial charge on any atom is -0.467 e. The van der Waals surface area contributed by atoms with E-state index in [1.807, 2.05) is 13.8 Å². The van der Waals surface area contributed by atoms with E-state index in [0.717, 1.165) is 0 Å². The molecule has 3 heterocycles. The van der Waals surface area contributed by atoms with Gasteiger partial charge < -0.3 is 24.2 Å². The third kappa shape index (κ3) is 5.17. The average molecular weight is 464 g/mol. The highest BCUT2D eigenvalue weighted by atomic mass is 16.5. The fraction of sp³-hybridized carbons (Fsp3) is 0.250. The summed E-state index contributed by atoms with van der Waals surface area (Å²) in [5.41, 5.74) is 0.973. The molecule has 0 fully saturated rings. The van der Waals surface area contributed by atoms with Crippen LogP contribution in [-0.4, -0.2) is 41.3 Å². The van der Waals surface area contributed by atoms with Gasteiger partial charge in [-0.05, 0) is 50.2 Å². The number of nitrogens with zero attached hydrogens (tertiary/aromatic N) is 2. The number of amides is 3. The third-order valence-electron chi connectivity index (χ3n) is 4.98. The molecule has 3 amide bonds.